The van der Waals surface area contributed by atoms with Crippen LogP contribution in [0.1, 0.15) is 24.2 Å². The Morgan fingerprint density at radius 2 is 2.06 bits per heavy atom. The van der Waals surface area contributed by atoms with Crippen LogP contribution in [0.25, 0.3) is 0 Å². The highest BCUT2D eigenvalue weighted by Gasteiger charge is 2.17. The molecule has 0 aliphatic rings. The fourth-order valence-corrected chi connectivity index (χ4v) is 1.61. The van der Waals surface area contributed by atoms with E-state index in [0.29, 0.717) is 0 Å². The van der Waals surface area contributed by atoms with E-state index in [1.54, 1.807) is 0 Å². The summed E-state index contributed by atoms with van der Waals surface area (Å²) in [5.41, 5.74) is 5.20. The molecule has 8 heteroatoms. The van der Waals surface area contributed by atoms with Crippen molar-refractivity contribution in [2.45, 2.75) is 25.0 Å². The summed E-state index contributed by atoms with van der Waals surface area (Å²) in [5.74, 6) is -0.587. The van der Waals surface area contributed by atoms with Gasteiger partial charge < -0.3 is 11.1 Å². The predicted octanol–water partition coefficient (Wildman–Crippen LogP) is -0.201. The van der Waals surface area contributed by atoms with Gasteiger partial charge in [0.1, 0.15) is 5.82 Å². The molecule has 0 aliphatic heterocycles. The maximum atomic E-state index is 11.3. The third-order valence-electron chi connectivity index (χ3n) is 1.79. The van der Waals surface area contributed by atoms with Gasteiger partial charge in [-0.3, -0.25) is 4.79 Å². The van der Waals surface area contributed by atoms with Gasteiger partial charge in [0, 0.05) is 18.5 Å². The van der Waals surface area contributed by atoms with Crippen LogP contribution in [0.15, 0.2) is 11.4 Å². The first-order valence-electron chi connectivity index (χ1n) is 4.85. The third-order valence-corrected chi connectivity index (χ3v) is 2.65. The van der Waals surface area contributed by atoms with Gasteiger partial charge in [-0.1, -0.05) is 0 Å². The molecule has 17 heavy (non-hydrogen) atoms. The summed E-state index contributed by atoms with van der Waals surface area (Å²) >= 11 is 0. The zero-order valence-electron chi connectivity index (χ0n) is 9.76. The highest BCUT2D eigenvalue weighted by atomic mass is 32.2. The molecule has 1 amide bonds. The van der Waals surface area contributed by atoms with E-state index in [2.05, 4.69) is 15.3 Å². The first-order chi connectivity index (χ1) is 7.71. The van der Waals surface area contributed by atoms with Gasteiger partial charge in [0.25, 0.3) is 5.91 Å². The molecule has 3 N–H and O–H groups in total. The normalized spacial score (nSPS) is 11.5. The molecule has 0 fully saturated rings. The van der Waals surface area contributed by atoms with Crippen molar-refractivity contribution >= 4 is 21.6 Å². The number of carbonyl (C=O) groups is 1. The molecule has 0 aromatic carbocycles. The summed E-state index contributed by atoms with van der Waals surface area (Å²) in [6.07, 6.45) is 2.10. The average molecular weight is 258 g/mol. The Morgan fingerprint density at radius 1 is 1.47 bits per heavy atom. The van der Waals surface area contributed by atoms with E-state index < -0.39 is 15.7 Å². The van der Waals surface area contributed by atoms with Crippen LogP contribution in [0, 0.1) is 0 Å². The fourth-order valence-electron chi connectivity index (χ4n) is 1.11. The summed E-state index contributed by atoms with van der Waals surface area (Å²) in [7, 11) is -3.52. The zero-order chi connectivity index (χ0) is 13.2. The third kappa shape index (κ3) is 3.38. The molecule has 0 spiro atoms. The number of rotatable bonds is 4. The van der Waals surface area contributed by atoms with Crippen LogP contribution in [0.3, 0.4) is 0 Å². The van der Waals surface area contributed by atoms with E-state index in [0.717, 1.165) is 12.5 Å². The summed E-state index contributed by atoms with van der Waals surface area (Å²) < 4.78 is 22.6. The van der Waals surface area contributed by atoms with Gasteiger partial charge in [-0.05, 0) is 13.8 Å². The van der Waals surface area contributed by atoms with Crippen molar-refractivity contribution < 1.29 is 13.2 Å². The minimum absolute atomic E-state index is 0.0181. The van der Waals surface area contributed by atoms with Crippen molar-refractivity contribution in [3.63, 3.8) is 0 Å². The number of carbonyl (C=O) groups excluding carboxylic acids is 1. The van der Waals surface area contributed by atoms with E-state index >= 15 is 0 Å². The second-order valence-corrected chi connectivity index (χ2v) is 5.76. The molecular formula is C9H14N4O3S. The molecule has 0 bridgehead atoms. The molecule has 0 aliphatic carbocycles. The summed E-state index contributed by atoms with van der Waals surface area (Å²) in [6, 6.07) is -0.0181. The first-order valence-corrected chi connectivity index (χ1v) is 6.74. The largest absolute Gasteiger partial charge is 0.367 e. The van der Waals surface area contributed by atoms with Crippen LogP contribution in [-0.2, 0) is 9.84 Å². The fraction of sp³-hybridized carbons (Fsp3) is 0.444. The van der Waals surface area contributed by atoms with Crippen molar-refractivity contribution in [1.29, 1.82) is 0 Å². The molecule has 1 aromatic rings. The van der Waals surface area contributed by atoms with Crippen molar-refractivity contribution in [1.82, 2.24) is 9.97 Å². The smallest absolute Gasteiger partial charge is 0.254 e. The van der Waals surface area contributed by atoms with Crippen LogP contribution in [0.2, 0.25) is 0 Å². The molecular weight excluding hydrogens is 244 g/mol. The lowest BCUT2D eigenvalue weighted by atomic mass is 10.3. The van der Waals surface area contributed by atoms with Gasteiger partial charge in [0.2, 0.25) is 15.0 Å². The minimum Gasteiger partial charge on any atom is -0.367 e. The van der Waals surface area contributed by atoms with Gasteiger partial charge in [0.05, 0.1) is 5.56 Å². The number of hydrogen-bond donors (Lipinski definition) is 2. The van der Waals surface area contributed by atoms with Crippen molar-refractivity contribution in [3.8, 4) is 0 Å². The predicted molar refractivity (Wildman–Crippen MR) is 62.4 cm³/mol. The minimum atomic E-state index is -3.52. The Kier molecular flexibility index (Phi) is 3.66. The Balaban J connectivity index is 3.34. The van der Waals surface area contributed by atoms with Crippen LogP contribution in [-0.4, -0.2) is 36.6 Å². The first kappa shape index (κ1) is 13.4. The van der Waals surface area contributed by atoms with Crippen molar-refractivity contribution in [3.05, 3.63) is 11.8 Å². The molecule has 0 atom stereocenters. The molecule has 0 saturated heterocycles. The highest BCUT2D eigenvalue weighted by molar-refractivity contribution is 7.90. The van der Waals surface area contributed by atoms with Gasteiger partial charge in [-0.15, -0.1) is 0 Å². The number of aromatic nitrogens is 2. The Bertz CT molecular complexity index is 539. The number of anilines is 1. The monoisotopic (exact) mass is 258 g/mol. The van der Waals surface area contributed by atoms with Crippen LogP contribution < -0.4 is 11.1 Å². The molecule has 0 saturated carbocycles. The number of hydrogen-bond acceptors (Lipinski definition) is 6. The summed E-state index contributed by atoms with van der Waals surface area (Å²) in [5, 5.41) is 2.51. The number of amides is 1. The van der Waals surface area contributed by atoms with Gasteiger partial charge >= 0.3 is 0 Å². The molecule has 1 aromatic heterocycles. The maximum Gasteiger partial charge on any atom is 0.254 e. The zero-order valence-corrected chi connectivity index (χ0v) is 10.6. The summed E-state index contributed by atoms with van der Waals surface area (Å²) in [4.78, 5) is 18.5. The van der Waals surface area contributed by atoms with E-state index in [-0.39, 0.29) is 22.6 Å². The standard InChI is InChI=1S/C9H14N4O3S/c1-5(2)12-8-6(7(10)14)4-11-9(13-8)17(3,15)16/h4-5H,1-3H3,(H2,10,14)(H,11,12,13). The lowest BCUT2D eigenvalue weighted by Gasteiger charge is -2.12. The molecule has 7 nitrogen and oxygen atoms in total. The number of sulfone groups is 1. The number of nitrogens with two attached hydrogens (primary N) is 1. The van der Waals surface area contributed by atoms with Crippen LogP contribution in [0.4, 0.5) is 5.82 Å². The van der Waals surface area contributed by atoms with E-state index in [9.17, 15) is 13.2 Å². The molecule has 94 valence electrons. The van der Waals surface area contributed by atoms with Crippen LogP contribution in [0.5, 0.6) is 0 Å². The Labute approximate surface area is 99.4 Å². The van der Waals surface area contributed by atoms with Crippen molar-refractivity contribution in [2.75, 3.05) is 11.6 Å². The average Bonchev–Trinajstić information content (AvgIpc) is 2.14. The lowest BCUT2D eigenvalue weighted by molar-refractivity contribution is 0.1000. The number of primary amides is 1. The van der Waals surface area contributed by atoms with Crippen molar-refractivity contribution in [2.24, 2.45) is 5.73 Å². The molecule has 1 heterocycles. The molecule has 0 unspecified atom stereocenters. The molecule has 0 radical (unpaired) electrons. The van der Waals surface area contributed by atoms with E-state index in [1.807, 2.05) is 13.8 Å². The Hall–Kier alpha value is -1.70. The van der Waals surface area contributed by atoms with Gasteiger partial charge in [-0.25, -0.2) is 18.4 Å². The molecule has 1 rings (SSSR count). The van der Waals surface area contributed by atoms with Gasteiger partial charge in [0.15, 0.2) is 0 Å². The second kappa shape index (κ2) is 4.66. The van der Waals surface area contributed by atoms with E-state index in [4.69, 9.17) is 5.73 Å². The Morgan fingerprint density at radius 3 is 2.47 bits per heavy atom. The topological polar surface area (TPSA) is 115 Å². The quantitative estimate of drug-likeness (QED) is 0.723. The lowest BCUT2D eigenvalue weighted by Crippen LogP contribution is -2.21. The summed E-state index contributed by atoms with van der Waals surface area (Å²) in [6.45, 7) is 3.65. The second-order valence-electron chi connectivity index (χ2n) is 3.85. The van der Waals surface area contributed by atoms with E-state index in [1.165, 1.54) is 0 Å². The highest BCUT2D eigenvalue weighted by Crippen LogP contribution is 2.14. The van der Waals surface area contributed by atoms with Gasteiger partial charge in [-0.2, -0.15) is 0 Å². The maximum absolute atomic E-state index is 11.3. The number of nitrogens with zero attached hydrogens (tertiary/aromatic N) is 2. The SMILES string of the molecule is CC(C)Nc1nc(S(C)(=O)=O)ncc1C(N)=O. The number of nitrogens with one attached hydrogen (secondary N) is 1. The van der Waals surface area contributed by atoms with Crippen LogP contribution >= 0.6 is 0 Å².